The van der Waals surface area contributed by atoms with Gasteiger partial charge in [-0.3, -0.25) is 10.1 Å². The van der Waals surface area contributed by atoms with E-state index >= 15 is 0 Å². The van der Waals surface area contributed by atoms with Crippen LogP contribution in [0.4, 0.5) is 5.69 Å². The van der Waals surface area contributed by atoms with Gasteiger partial charge in [0.1, 0.15) is 11.4 Å². The fourth-order valence-electron chi connectivity index (χ4n) is 2.61. The van der Waals surface area contributed by atoms with Gasteiger partial charge in [-0.1, -0.05) is 24.3 Å². The molecule has 0 fully saturated rings. The molecule has 0 bridgehead atoms. The van der Waals surface area contributed by atoms with Crippen LogP contribution in [0, 0.1) is 10.1 Å². The number of rotatable bonds is 4. The van der Waals surface area contributed by atoms with E-state index in [0.29, 0.717) is 5.56 Å². The number of esters is 1. The molecule has 0 amide bonds. The number of carbonyl (C=O) groups excluding carboxylic acids is 1. The van der Waals surface area contributed by atoms with Crippen molar-refractivity contribution >= 4 is 22.4 Å². The molecule has 0 saturated carbocycles. The Morgan fingerprint density at radius 3 is 2.40 bits per heavy atom. The van der Waals surface area contributed by atoms with Gasteiger partial charge in [-0.25, -0.2) is 9.78 Å². The second-order valence-corrected chi connectivity index (χ2v) is 5.24. The molecule has 0 unspecified atom stereocenters. The Balaban J connectivity index is 2.34. The molecule has 3 rings (SSSR count). The van der Waals surface area contributed by atoms with E-state index < -0.39 is 10.9 Å². The Bertz CT molecular complexity index is 984. The smallest absolute Gasteiger partial charge is 0.338 e. The molecule has 1 heterocycles. The second kappa shape index (κ2) is 6.56. The molecule has 7 heteroatoms. The average molecular weight is 338 g/mol. The van der Waals surface area contributed by atoms with Crippen molar-refractivity contribution < 1.29 is 19.2 Å². The number of hydrogen-bond acceptors (Lipinski definition) is 6. The van der Waals surface area contributed by atoms with Crippen molar-refractivity contribution in [3.05, 3.63) is 64.3 Å². The summed E-state index contributed by atoms with van der Waals surface area (Å²) in [5.74, 6) is -0.330. The molecule has 7 nitrogen and oxygen atoms in total. The van der Waals surface area contributed by atoms with Crippen molar-refractivity contribution in [2.75, 3.05) is 14.2 Å². The molecular formula is C18H14N2O5. The fourth-order valence-corrected chi connectivity index (χ4v) is 2.61. The summed E-state index contributed by atoms with van der Waals surface area (Å²) < 4.78 is 9.84. The predicted octanol–water partition coefficient (Wildman–Crippen LogP) is 3.61. The number of ether oxygens (including phenoxy) is 2. The highest BCUT2D eigenvalue weighted by Gasteiger charge is 2.24. The molecule has 3 aromatic rings. The molecule has 25 heavy (non-hydrogen) atoms. The van der Waals surface area contributed by atoms with E-state index in [1.807, 2.05) is 24.3 Å². The highest BCUT2D eigenvalue weighted by molar-refractivity contribution is 6.03. The first-order valence-electron chi connectivity index (χ1n) is 7.35. The van der Waals surface area contributed by atoms with Crippen molar-refractivity contribution in [1.82, 2.24) is 4.98 Å². The van der Waals surface area contributed by atoms with E-state index in [1.54, 1.807) is 12.1 Å². The van der Waals surface area contributed by atoms with Crippen LogP contribution in [-0.2, 0) is 4.74 Å². The van der Waals surface area contributed by atoms with Crippen LogP contribution in [0.3, 0.4) is 0 Å². The zero-order valence-corrected chi connectivity index (χ0v) is 13.6. The van der Waals surface area contributed by atoms with Crippen molar-refractivity contribution in [3.8, 4) is 17.0 Å². The first-order chi connectivity index (χ1) is 12.0. The number of nitro groups is 1. The van der Waals surface area contributed by atoms with Gasteiger partial charge in [0.15, 0.2) is 0 Å². The van der Waals surface area contributed by atoms with Crippen LogP contribution in [0.15, 0.2) is 48.7 Å². The Morgan fingerprint density at radius 1 is 1.12 bits per heavy atom. The van der Waals surface area contributed by atoms with Gasteiger partial charge in [-0.05, 0) is 22.9 Å². The van der Waals surface area contributed by atoms with E-state index in [4.69, 9.17) is 9.47 Å². The third-order valence-electron chi connectivity index (χ3n) is 3.82. The first kappa shape index (κ1) is 16.4. The summed E-state index contributed by atoms with van der Waals surface area (Å²) in [6.45, 7) is 0. The third kappa shape index (κ3) is 2.99. The topological polar surface area (TPSA) is 91.6 Å². The van der Waals surface area contributed by atoms with Gasteiger partial charge >= 0.3 is 5.97 Å². The molecule has 0 radical (unpaired) electrons. The van der Waals surface area contributed by atoms with Gasteiger partial charge in [-0.2, -0.15) is 0 Å². The number of pyridine rings is 1. The summed E-state index contributed by atoms with van der Waals surface area (Å²) in [5.41, 5.74) is 0.374. The zero-order chi connectivity index (χ0) is 18.0. The number of hydrogen-bond donors (Lipinski definition) is 0. The van der Waals surface area contributed by atoms with Gasteiger partial charge in [-0.15, -0.1) is 0 Å². The normalized spacial score (nSPS) is 10.5. The van der Waals surface area contributed by atoms with Crippen molar-refractivity contribution in [2.24, 2.45) is 0 Å². The van der Waals surface area contributed by atoms with Crippen molar-refractivity contribution in [1.29, 1.82) is 0 Å². The Labute approximate surface area is 143 Å². The maximum absolute atomic E-state index is 12.2. The molecule has 0 spiro atoms. The minimum Gasteiger partial charge on any atom is -0.495 e. The molecule has 1 aromatic heterocycles. The van der Waals surface area contributed by atoms with Gasteiger partial charge in [0, 0.05) is 5.56 Å². The Hall–Kier alpha value is -3.48. The largest absolute Gasteiger partial charge is 0.495 e. The lowest BCUT2D eigenvalue weighted by Gasteiger charge is -2.11. The van der Waals surface area contributed by atoms with Gasteiger partial charge in [0.2, 0.25) is 0 Å². The predicted molar refractivity (Wildman–Crippen MR) is 91.7 cm³/mol. The minimum atomic E-state index is -0.590. The molecule has 0 atom stereocenters. The molecule has 2 aromatic carbocycles. The monoisotopic (exact) mass is 338 g/mol. The summed E-state index contributed by atoms with van der Waals surface area (Å²) in [4.78, 5) is 27.3. The number of carbonyl (C=O) groups is 1. The summed E-state index contributed by atoms with van der Waals surface area (Å²) in [6, 6.07) is 12.0. The zero-order valence-electron chi connectivity index (χ0n) is 13.6. The van der Waals surface area contributed by atoms with Crippen molar-refractivity contribution in [3.63, 3.8) is 0 Å². The van der Waals surface area contributed by atoms with E-state index in [0.717, 1.165) is 10.8 Å². The molecule has 0 aliphatic rings. The lowest BCUT2D eigenvalue weighted by molar-refractivity contribution is -0.384. The van der Waals surface area contributed by atoms with Gasteiger partial charge in [0.25, 0.3) is 5.69 Å². The molecule has 126 valence electrons. The standard InChI is InChI=1S/C18H14N2O5/c1-24-13-9-16(20(22)23)17(19-10-13)14-7-11-5-3-4-6-12(11)8-15(14)18(21)25-2/h3-10H,1-2H3. The average Bonchev–Trinajstić information content (AvgIpc) is 2.65. The molecule has 0 aliphatic carbocycles. The maximum atomic E-state index is 12.2. The van der Waals surface area contributed by atoms with Crippen LogP contribution in [0.1, 0.15) is 10.4 Å². The summed E-state index contributed by atoms with van der Waals surface area (Å²) in [7, 11) is 2.66. The minimum absolute atomic E-state index is 0.0805. The van der Waals surface area contributed by atoms with Crippen LogP contribution >= 0.6 is 0 Å². The second-order valence-electron chi connectivity index (χ2n) is 5.24. The number of nitrogens with zero attached hydrogens (tertiary/aromatic N) is 2. The lowest BCUT2D eigenvalue weighted by Crippen LogP contribution is -2.06. The van der Waals surface area contributed by atoms with Crippen LogP contribution in [-0.4, -0.2) is 30.1 Å². The quantitative estimate of drug-likeness (QED) is 0.410. The maximum Gasteiger partial charge on any atom is 0.338 e. The highest BCUT2D eigenvalue weighted by atomic mass is 16.6. The third-order valence-corrected chi connectivity index (χ3v) is 3.82. The lowest BCUT2D eigenvalue weighted by atomic mass is 9.97. The fraction of sp³-hybridized carbons (Fsp3) is 0.111. The van der Waals surface area contributed by atoms with Crippen LogP contribution < -0.4 is 4.74 Å². The first-order valence-corrected chi connectivity index (χ1v) is 7.35. The van der Waals surface area contributed by atoms with Crippen LogP contribution in [0.25, 0.3) is 22.0 Å². The number of benzene rings is 2. The van der Waals surface area contributed by atoms with Gasteiger partial charge < -0.3 is 9.47 Å². The SMILES string of the molecule is COC(=O)c1cc2ccccc2cc1-c1ncc(OC)cc1[N+](=O)[O-]. The van der Waals surface area contributed by atoms with E-state index in [2.05, 4.69) is 4.98 Å². The summed E-state index contributed by atoms with van der Waals surface area (Å²) in [6.07, 6.45) is 1.37. The van der Waals surface area contributed by atoms with Crippen LogP contribution in [0.2, 0.25) is 0 Å². The van der Waals surface area contributed by atoms with Crippen molar-refractivity contribution in [2.45, 2.75) is 0 Å². The van der Waals surface area contributed by atoms with E-state index in [-0.39, 0.29) is 22.7 Å². The Kier molecular flexibility index (Phi) is 4.30. The molecule has 0 saturated heterocycles. The number of fused-ring (bicyclic) bond motifs is 1. The molecule has 0 aliphatic heterocycles. The van der Waals surface area contributed by atoms with E-state index in [1.165, 1.54) is 26.5 Å². The summed E-state index contributed by atoms with van der Waals surface area (Å²) >= 11 is 0. The summed E-state index contributed by atoms with van der Waals surface area (Å²) in [5, 5.41) is 13.1. The molecule has 0 N–H and O–H groups in total. The number of aromatic nitrogens is 1. The molecular weight excluding hydrogens is 324 g/mol. The van der Waals surface area contributed by atoms with Gasteiger partial charge in [0.05, 0.1) is 37.0 Å². The van der Waals surface area contributed by atoms with E-state index in [9.17, 15) is 14.9 Å². The highest BCUT2D eigenvalue weighted by Crippen LogP contribution is 2.35. The number of methoxy groups -OCH3 is 2. The Morgan fingerprint density at radius 2 is 1.80 bits per heavy atom. The van der Waals surface area contributed by atoms with Crippen LogP contribution in [0.5, 0.6) is 5.75 Å².